The molecule has 2 aromatic rings. The van der Waals surface area contributed by atoms with Gasteiger partial charge < -0.3 is 5.32 Å². The molecule has 0 amide bonds. The van der Waals surface area contributed by atoms with Gasteiger partial charge in [-0.2, -0.15) is 0 Å². The second kappa shape index (κ2) is 6.48. The first kappa shape index (κ1) is 13.8. The fraction of sp³-hybridized carbons (Fsp3) is 0.294. The van der Waals surface area contributed by atoms with Crippen LogP contribution >= 0.6 is 0 Å². The van der Waals surface area contributed by atoms with E-state index in [0.29, 0.717) is 0 Å². The molecule has 0 radical (unpaired) electrons. The highest BCUT2D eigenvalue weighted by Gasteiger charge is 2.06. The lowest BCUT2D eigenvalue weighted by Gasteiger charge is -2.11. The van der Waals surface area contributed by atoms with Gasteiger partial charge in [0, 0.05) is 6.54 Å². The monoisotopic (exact) mass is 257 g/mol. The summed E-state index contributed by atoms with van der Waals surface area (Å²) < 4.78 is 13.5. The maximum Gasteiger partial charge on any atom is 0.123 e. The Labute approximate surface area is 114 Å². The molecule has 2 rings (SSSR count). The zero-order valence-corrected chi connectivity index (χ0v) is 11.5. The van der Waals surface area contributed by atoms with Crippen LogP contribution in [0.2, 0.25) is 0 Å². The molecule has 0 spiro atoms. The van der Waals surface area contributed by atoms with Crippen LogP contribution in [0.3, 0.4) is 0 Å². The Morgan fingerprint density at radius 2 is 1.95 bits per heavy atom. The highest BCUT2D eigenvalue weighted by atomic mass is 19.1. The second-order valence-electron chi connectivity index (χ2n) is 4.85. The SMILES string of the molecule is CCCNCc1ccc(F)cc1-c1cccc(C)c1. The third-order valence-electron chi connectivity index (χ3n) is 3.14. The summed E-state index contributed by atoms with van der Waals surface area (Å²) in [5.41, 5.74) is 4.38. The molecule has 2 heteroatoms. The van der Waals surface area contributed by atoms with Gasteiger partial charge in [-0.1, -0.05) is 42.8 Å². The van der Waals surface area contributed by atoms with Crippen LogP contribution < -0.4 is 5.32 Å². The van der Waals surface area contributed by atoms with Crippen molar-refractivity contribution in [2.75, 3.05) is 6.54 Å². The molecule has 100 valence electrons. The van der Waals surface area contributed by atoms with Crippen molar-refractivity contribution in [3.05, 3.63) is 59.4 Å². The summed E-state index contributed by atoms with van der Waals surface area (Å²) in [7, 11) is 0. The van der Waals surface area contributed by atoms with Gasteiger partial charge in [0.05, 0.1) is 0 Å². The summed E-state index contributed by atoms with van der Waals surface area (Å²) in [6, 6.07) is 13.2. The van der Waals surface area contributed by atoms with Gasteiger partial charge in [-0.05, 0) is 48.7 Å². The Bertz CT molecular complexity index is 549. The van der Waals surface area contributed by atoms with Crippen molar-refractivity contribution in [1.29, 1.82) is 0 Å². The predicted octanol–water partition coefficient (Wildman–Crippen LogP) is 4.30. The molecule has 0 unspecified atom stereocenters. The molecule has 0 saturated heterocycles. The largest absolute Gasteiger partial charge is 0.313 e. The highest BCUT2D eigenvalue weighted by molar-refractivity contribution is 5.68. The third-order valence-corrected chi connectivity index (χ3v) is 3.14. The Kier molecular flexibility index (Phi) is 4.69. The average Bonchev–Trinajstić information content (AvgIpc) is 2.40. The molecular weight excluding hydrogens is 237 g/mol. The number of rotatable bonds is 5. The van der Waals surface area contributed by atoms with Crippen LogP contribution in [-0.4, -0.2) is 6.54 Å². The van der Waals surface area contributed by atoms with Crippen LogP contribution in [0.25, 0.3) is 11.1 Å². The number of hydrogen-bond acceptors (Lipinski definition) is 1. The number of benzene rings is 2. The van der Waals surface area contributed by atoms with Gasteiger partial charge in [-0.3, -0.25) is 0 Å². The Morgan fingerprint density at radius 1 is 1.11 bits per heavy atom. The summed E-state index contributed by atoms with van der Waals surface area (Å²) in [6.07, 6.45) is 1.10. The van der Waals surface area contributed by atoms with Crippen molar-refractivity contribution in [3.8, 4) is 11.1 Å². The summed E-state index contributed by atoms with van der Waals surface area (Å²) >= 11 is 0. The lowest BCUT2D eigenvalue weighted by Crippen LogP contribution is -2.14. The Balaban J connectivity index is 2.34. The second-order valence-corrected chi connectivity index (χ2v) is 4.85. The van der Waals surface area contributed by atoms with E-state index in [4.69, 9.17) is 0 Å². The summed E-state index contributed by atoms with van der Waals surface area (Å²) in [6.45, 7) is 5.94. The molecule has 2 aromatic carbocycles. The first-order chi connectivity index (χ1) is 9.20. The standard InChI is InChI=1S/C17H20FN/c1-3-9-19-12-15-7-8-16(18)11-17(15)14-6-4-5-13(2)10-14/h4-8,10-11,19H,3,9,12H2,1-2H3. The van der Waals surface area contributed by atoms with E-state index in [0.717, 1.165) is 36.2 Å². The van der Waals surface area contributed by atoms with Crippen LogP contribution in [0.15, 0.2) is 42.5 Å². The van der Waals surface area contributed by atoms with E-state index in [-0.39, 0.29) is 5.82 Å². The highest BCUT2D eigenvalue weighted by Crippen LogP contribution is 2.25. The first-order valence-electron chi connectivity index (χ1n) is 6.77. The normalized spacial score (nSPS) is 10.7. The summed E-state index contributed by atoms with van der Waals surface area (Å²) in [5.74, 6) is -0.184. The van der Waals surface area contributed by atoms with Crippen molar-refractivity contribution in [1.82, 2.24) is 5.32 Å². The van der Waals surface area contributed by atoms with Gasteiger partial charge >= 0.3 is 0 Å². The zero-order valence-electron chi connectivity index (χ0n) is 11.5. The van der Waals surface area contributed by atoms with E-state index in [9.17, 15) is 4.39 Å². The fourth-order valence-corrected chi connectivity index (χ4v) is 2.18. The number of hydrogen-bond donors (Lipinski definition) is 1. The average molecular weight is 257 g/mol. The van der Waals surface area contributed by atoms with Crippen molar-refractivity contribution >= 4 is 0 Å². The van der Waals surface area contributed by atoms with Crippen molar-refractivity contribution in [2.24, 2.45) is 0 Å². The van der Waals surface area contributed by atoms with E-state index in [2.05, 4.69) is 31.3 Å². The maximum absolute atomic E-state index is 13.5. The van der Waals surface area contributed by atoms with E-state index in [1.807, 2.05) is 18.2 Å². The smallest absolute Gasteiger partial charge is 0.123 e. The van der Waals surface area contributed by atoms with E-state index in [1.165, 1.54) is 11.6 Å². The third kappa shape index (κ3) is 3.65. The zero-order chi connectivity index (χ0) is 13.7. The predicted molar refractivity (Wildman–Crippen MR) is 78.6 cm³/mol. The topological polar surface area (TPSA) is 12.0 Å². The minimum Gasteiger partial charge on any atom is -0.313 e. The van der Waals surface area contributed by atoms with Gasteiger partial charge in [0.15, 0.2) is 0 Å². The van der Waals surface area contributed by atoms with Gasteiger partial charge in [0.1, 0.15) is 5.82 Å². The van der Waals surface area contributed by atoms with Gasteiger partial charge in [0.2, 0.25) is 0 Å². The van der Waals surface area contributed by atoms with E-state index < -0.39 is 0 Å². The molecule has 1 nitrogen and oxygen atoms in total. The van der Waals surface area contributed by atoms with Gasteiger partial charge in [-0.15, -0.1) is 0 Å². The van der Waals surface area contributed by atoms with Crippen LogP contribution in [0.1, 0.15) is 24.5 Å². The van der Waals surface area contributed by atoms with Crippen LogP contribution in [0.5, 0.6) is 0 Å². The minimum atomic E-state index is -0.184. The van der Waals surface area contributed by atoms with Gasteiger partial charge in [0.25, 0.3) is 0 Å². The summed E-state index contributed by atoms with van der Waals surface area (Å²) in [5, 5.41) is 3.37. The lowest BCUT2D eigenvalue weighted by atomic mass is 9.98. The molecule has 0 fully saturated rings. The van der Waals surface area contributed by atoms with Gasteiger partial charge in [-0.25, -0.2) is 4.39 Å². The molecule has 0 aliphatic rings. The molecular formula is C17H20FN. The molecule has 0 heterocycles. The molecule has 0 atom stereocenters. The van der Waals surface area contributed by atoms with Crippen LogP contribution in [-0.2, 0) is 6.54 Å². The quantitative estimate of drug-likeness (QED) is 0.787. The molecule has 19 heavy (non-hydrogen) atoms. The van der Waals surface area contributed by atoms with E-state index in [1.54, 1.807) is 6.07 Å². The lowest BCUT2D eigenvalue weighted by molar-refractivity contribution is 0.625. The summed E-state index contributed by atoms with van der Waals surface area (Å²) in [4.78, 5) is 0. The Morgan fingerprint density at radius 3 is 2.68 bits per heavy atom. The fourth-order valence-electron chi connectivity index (χ4n) is 2.18. The van der Waals surface area contributed by atoms with E-state index >= 15 is 0 Å². The molecule has 0 saturated carbocycles. The van der Waals surface area contributed by atoms with Crippen LogP contribution in [0.4, 0.5) is 4.39 Å². The minimum absolute atomic E-state index is 0.184. The van der Waals surface area contributed by atoms with Crippen molar-refractivity contribution in [3.63, 3.8) is 0 Å². The number of nitrogens with one attached hydrogen (secondary N) is 1. The Hall–Kier alpha value is -1.67. The first-order valence-corrected chi connectivity index (χ1v) is 6.77. The molecule has 1 N–H and O–H groups in total. The number of halogens is 1. The van der Waals surface area contributed by atoms with Crippen molar-refractivity contribution in [2.45, 2.75) is 26.8 Å². The molecule has 0 aliphatic carbocycles. The van der Waals surface area contributed by atoms with Crippen molar-refractivity contribution < 1.29 is 4.39 Å². The molecule has 0 aromatic heterocycles. The molecule has 0 aliphatic heterocycles. The maximum atomic E-state index is 13.5. The van der Waals surface area contributed by atoms with Crippen LogP contribution in [0, 0.1) is 12.7 Å². The number of aryl methyl sites for hydroxylation is 1. The molecule has 0 bridgehead atoms.